The van der Waals surface area contributed by atoms with Crippen molar-refractivity contribution in [2.45, 2.75) is 20.3 Å². The molecule has 138 valence electrons. The number of hydrogen-bond donors (Lipinski definition) is 1. The van der Waals surface area contributed by atoms with Crippen molar-refractivity contribution in [2.75, 3.05) is 36.5 Å². The molecule has 0 bridgehead atoms. The van der Waals surface area contributed by atoms with E-state index in [-0.39, 0.29) is 12.3 Å². The number of aryl methyl sites for hydroxylation is 2. The highest BCUT2D eigenvalue weighted by molar-refractivity contribution is 6.42. The van der Waals surface area contributed by atoms with Gasteiger partial charge in [-0.25, -0.2) is 0 Å². The molecule has 0 aliphatic carbocycles. The van der Waals surface area contributed by atoms with Crippen molar-refractivity contribution < 1.29 is 9.53 Å². The molecule has 0 aromatic heterocycles. The summed E-state index contributed by atoms with van der Waals surface area (Å²) >= 11 is 11.9. The van der Waals surface area contributed by atoms with Crippen LogP contribution < -0.4 is 10.2 Å². The molecule has 2 aromatic carbocycles. The highest BCUT2D eigenvalue weighted by Crippen LogP contribution is 2.28. The molecule has 1 amide bonds. The molecule has 0 saturated carbocycles. The molecule has 1 fully saturated rings. The Morgan fingerprint density at radius 3 is 2.35 bits per heavy atom. The van der Waals surface area contributed by atoms with Gasteiger partial charge in [-0.2, -0.15) is 0 Å². The van der Waals surface area contributed by atoms with Gasteiger partial charge in [0.05, 0.1) is 29.7 Å². The average molecular weight is 393 g/mol. The van der Waals surface area contributed by atoms with Gasteiger partial charge in [0.2, 0.25) is 5.91 Å². The third-order valence-corrected chi connectivity index (χ3v) is 5.25. The summed E-state index contributed by atoms with van der Waals surface area (Å²) in [4.78, 5) is 14.8. The van der Waals surface area contributed by atoms with E-state index >= 15 is 0 Å². The van der Waals surface area contributed by atoms with Crippen LogP contribution in [0.4, 0.5) is 11.4 Å². The minimum absolute atomic E-state index is 0.0753. The van der Waals surface area contributed by atoms with Gasteiger partial charge in [0.1, 0.15) is 0 Å². The molecule has 0 radical (unpaired) electrons. The number of morpholine rings is 1. The Balaban J connectivity index is 1.72. The van der Waals surface area contributed by atoms with Crippen molar-refractivity contribution in [1.29, 1.82) is 0 Å². The summed E-state index contributed by atoms with van der Waals surface area (Å²) in [5, 5.41) is 3.98. The van der Waals surface area contributed by atoms with Gasteiger partial charge in [0, 0.05) is 24.5 Å². The number of rotatable bonds is 4. The Labute approximate surface area is 164 Å². The van der Waals surface area contributed by atoms with Crippen molar-refractivity contribution in [2.24, 2.45) is 0 Å². The fourth-order valence-corrected chi connectivity index (χ4v) is 3.48. The average Bonchev–Trinajstić information content (AvgIpc) is 2.62. The lowest BCUT2D eigenvalue weighted by molar-refractivity contribution is -0.115. The van der Waals surface area contributed by atoms with E-state index in [1.54, 1.807) is 12.1 Å². The minimum Gasteiger partial charge on any atom is -0.378 e. The zero-order valence-electron chi connectivity index (χ0n) is 14.9. The zero-order chi connectivity index (χ0) is 18.7. The Morgan fingerprint density at radius 1 is 1.08 bits per heavy atom. The molecule has 0 atom stereocenters. The summed E-state index contributed by atoms with van der Waals surface area (Å²) in [5.74, 6) is -0.0753. The van der Waals surface area contributed by atoms with Gasteiger partial charge in [-0.1, -0.05) is 29.3 Å². The lowest BCUT2D eigenvalue weighted by Crippen LogP contribution is -2.36. The van der Waals surface area contributed by atoms with E-state index in [1.807, 2.05) is 19.9 Å². The highest BCUT2D eigenvalue weighted by atomic mass is 35.5. The molecule has 1 aliphatic heterocycles. The first-order chi connectivity index (χ1) is 12.4. The van der Waals surface area contributed by atoms with E-state index < -0.39 is 0 Å². The number of anilines is 2. The van der Waals surface area contributed by atoms with Crippen LogP contribution in [-0.4, -0.2) is 32.2 Å². The molecule has 1 saturated heterocycles. The summed E-state index contributed by atoms with van der Waals surface area (Å²) in [6.45, 7) is 7.32. The van der Waals surface area contributed by atoms with Crippen molar-refractivity contribution in [3.8, 4) is 0 Å². The monoisotopic (exact) mass is 392 g/mol. The van der Waals surface area contributed by atoms with Crippen molar-refractivity contribution in [3.05, 3.63) is 57.1 Å². The molecule has 0 spiro atoms. The maximum absolute atomic E-state index is 12.5. The summed E-state index contributed by atoms with van der Waals surface area (Å²) in [6.07, 6.45) is 0.251. The second-order valence-corrected chi connectivity index (χ2v) is 7.34. The molecule has 1 N–H and O–H groups in total. The van der Waals surface area contributed by atoms with Crippen LogP contribution >= 0.6 is 23.2 Å². The topological polar surface area (TPSA) is 41.6 Å². The van der Waals surface area contributed by atoms with E-state index in [1.165, 1.54) is 5.69 Å². The molecule has 2 aromatic rings. The number of amides is 1. The van der Waals surface area contributed by atoms with Crippen LogP contribution in [0.25, 0.3) is 0 Å². The molecule has 26 heavy (non-hydrogen) atoms. The summed E-state index contributed by atoms with van der Waals surface area (Å²) in [6, 6.07) is 9.49. The van der Waals surface area contributed by atoms with Crippen LogP contribution in [0.3, 0.4) is 0 Å². The zero-order valence-corrected chi connectivity index (χ0v) is 16.5. The second-order valence-electron chi connectivity index (χ2n) is 6.53. The fourth-order valence-electron chi connectivity index (χ4n) is 3.16. The number of carbonyl (C=O) groups excluding carboxylic acids is 1. The van der Waals surface area contributed by atoms with Gasteiger partial charge >= 0.3 is 0 Å². The molecular weight excluding hydrogens is 371 g/mol. The van der Waals surface area contributed by atoms with Crippen molar-refractivity contribution in [3.63, 3.8) is 0 Å². The maximum atomic E-state index is 12.5. The van der Waals surface area contributed by atoms with Crippen molar-refractivity contribution in [1.82, 2.24) is 0 Å². The van der Waals surface area contributed by atoms with E-state index in [9.17, 15) is 4.79 Å². The van der Waals surface area contributed by atoms with Gasteiger partial charge in [0.15, 0.2) is 0 Å². The minimum atomic E-state index is -0.0753. The van der Waals surface area contributed by atoms with E-state index in [4.69, 9.17) is 27.9 Å². The van der Waals surface area contributed by atoms with Gasteiger partial charge in [-0.3, -0.25) is 4.79 Å². The maximum Gasteiger partial charge on any atom is 0.228 e. The second kappa shape index (κ2) is 8.30. The van der Waals surface area contributed by atoms with Crippen LogP contribution in [0.5, 0.6) is 0 Å². The molecule has 4 nitrogen and oxygen atoms in total. The van der Waals surface area contributed by atoms with Crippen LogP contribution in [0.15, 0.2) is 30.3 Å². The normalized spacial score (nSPS) is 14.4. The van der Waals surface area contributed by atoms with Crippen molar-refractivity contribution >= 4 is 40.5 Å². The van der Waals surface area contributed by atoms with E-state index in [2.05, 4.69) is 22.3 Å². The van der Waals surface area contributed by atoms with Crippen LogP contribution in [0.2, 0.25) is 10.0 Å². The summed E-state index contributed by atoms with van der Waals surface area (Å²) in [7, 11) is 0. The number of ether oxygens (including phenoxy) is 1. The first-order valence-electron chi connectivity index (χ1n) is 8.62. The molecule has 1 aliphatic rings. The van der Waals surface area contributed by atoms with Gasteiger partial charge in [-0.05, 0) is 54.8 Å². The standard InChI is InChI=1S/C20H22Cl2N2O2/c1-13-9-16(24-5-7-26-8-6-24)10-14(2)20(13)23-19(25)12-15-3-4-17(21)18(22)11-15/h3-4,9-11H,5-8,12H2,1-2H3,(H,23,25). The number of nitrogens with one attached hydrogen (secondary N) is 1. The first-order valence-corrected chi connectivity index (χ1v) is 9.37. The Kier molecular flexibility index (Phi) is 6.07. The third-order valence-electron chi connectivity index (χ3n) is 4.51. The quantitative estimate of drug-likeness (QED) is 0.824. The number of hydrogen-bond acceptors (Lipinski definition) is 3. The first kappa shape index (κ1) is 19.0. The van der Waals surface area contributed by atoms with E-state index in [0.29, 0.717) is 10.0 Å². The smallest absolute Gasteiger partial charge is 0.228 e. The van der Waals surface area contributed by atoms with Gasteiger partial charge in [-0.15, -0.1) is 0 Å². The number of carbonyl (C=O) groups is 1. The largest absolute Gasteiger partial charge is 0.378 e. The number of benzene rings is 2. The van der Waals surface area contributed by atoms with Crippen LogP contribution in [-0.2, 0) is 16.0 Å². The summed E-state index contributed by atoms with van der Waals surface area (Å²) < 4.78 is 5.41. The Bertz CT molecular complexity index is 794. The Morgan fingerprint density at radius 2 is 1.73 bits per heavy atom. The fraction of sp³-hybridized carbons (Fsp3) is 0.350. The molecular formula is C20H22Cl2N2O2. The molecule has 0 unspecified atom stereocenters. The number of halogens is 2. The molecule has 3 rings (SSSR count). The SMILES string of the molecule is Cc1cc(N2CCOCC2)cc(C)c1NC(=O)Cc1ccc(Cl)c(Cl)c1. The summed E-state index contributed by atoms with van der Waals surface area (Å²) in [5.41, 5.74) is 4.97. The Hall–Kier alpha value is -1.75. The lowest BCUT2D eigenvalue weighted by atomic mass is 10.1. The van der Waals surface area contributed by atoms with E-state index in [0.717, 1.165) is 48.7 Å². The van der Waals surface area contributed by atoms with Gasteiger partial charge < -0.3 is 15.0 Å². The molecule has 1 heterocycles. The predicted octanol–water partition coefficient (Wildman–Crippen LogP) is 4.63. The van der Waals surface area contributed by atoms with Crippen LogP contribution in [0, 0.1) is 13.8 Å². The van der Waals surface area contributed by atoms with Gasteiger partial charge in [0.25, 0.3) is 0 Å². The lowest BCUT2D eigenvalue weighted by Gasteiger charge is -2.30. The number of nitrogens with zero attached hydrogens (tertiary/aromatic N) is 1. The van der Waals surface area contributed by atoms with Crippen LogP contribution in [0.1, 0.15) is 16.7 Å². The third kappa shape index (κ3) is 4.50. The molecule has 6 heteroatoms. The highest BCUT2D eigenvalue weighted by Gasteiger charge is 2.15. The predicted molar refractivity (Wildman–Crippen MR) is 108 cm³/mol.